The molecule has 0 bridgehead atoms. The minimum atomic E-state index is -0.453. The van der Waals surface area contributed by atoms with E-state index in [4.69, 9.17) is 16.7 Å². The quantitative estimate of drug-likeness (QED) is 0.822. The fraction of sp³-hybridized carbons (Fsp3) is 0.286. The average molecular weight is 257 g/mol. The van der Waals surface area contributed by atoms with Crippen LogP contribution >= 0.6 is 0 Å². The Bertz CT molecular complexity index is 617. The summed E-state index contributed by atoms with van der Waals surface area (Å²) in [7, 11) is 0. The van der Waals surface area contributed by atoms with Crippen molar-refractivity contribution in [3.63, 3.8) is 0 Å². The monoisotopic (exact) mass is 257 g/mol. The smallest absolute Gasteiger partial charge is 0.244 e. The molecule has 5 nitrogen and oxygen atoms in total. The Balaban J connectivity index is 2.36. The molecule has 1 aromatic carbocycles. The van der Waals surface area contributed by atoms with Crippen molar-refractivity contribution < 1.29 is 9.63 Å². The summed E-state index contributed by atoms with van der Waals surface area (Å²) in [5.74, 6) is 3.48. The number of rotatable bonds is 3. The Kier molecular flexibility index (Phi) is 3.54. The zero-order chi connectivity index (χ0) is 14.0. The van der Waals surface area contributed by atoms with Crippen LogP contribution in [0, 0.1) is 26.2 Å². The fourth-order valence-electron chi connectivity index (χ4n) is 1.80. The van der Waals surface area contributed by atoms with E-state index in [0.717, 1.165) is 16.7 Å². The molecule has 0 aliphatic heterocycles. The molecule has 2 rings (SSSR count). The van der Waals surface area contributed by atoms with Crippen molar-refractivity contribution in [2.45, 2.75) is 26.3 Å². The fourth-order valence-corrected chi connectivity index (χ4v) is 1.80. The second-order valence-corrected chi connectivity index (χ2v) is 4.43. The van der Waals surface area contributed by atoms with Gasteiger partial charge in [0, 0.05) is 12.0 Å². The number of phenolic OH excluding ortho intramolecular Hbond substituents is 1. The molecule has 98 valence electrons. The van der Waals surface area contributed by atoms with Crippen LogP contribution in [-0.2, 0) is 0 Å². The van der Waals surface area contributed by atoms with E-state index >= 15 is 0 Å². The van der Waals surface area contributed by atoms with Crippen LogP contribution in [-0.4, -0.2) is 15.2 Å². The van der Waals surface area contributed by atoms with Gasteiger partial charge in [0.1, 0.15) is 5.75 Å². The summed E-state index contributed by atoms with van der Waals surface area (Å²) in [6.07, 6.45) is 5.54. The first-order valence-corrected chi connectivity index (χ1v) is 5.86. The highest BCUT2D eigenvalue weighted by atomic mass is 16.5. The van der Waals surface area contributed by atoms with Crippen LogP contribution in [0.25, 0.3) is 11.4 Å². The number of terminal acetylenes is 1. The van der Waals surface area contributed by atoms with E-state index in [1.807, 2.05) is 13.8 Å². The van der Waals surface area contributed by atoms with Crippen molar-refractivity contribution in [3.8, 4) is 29.5 Å². The Labute approximate surface area is 111 Å². The third-order valence-corrected chi connectivity index (χ3v) is 2.85. The summed E-state index contributed by atoms with van der Waals surface area (Å²) in [4.78, 5) is 4.23. The summed E-state index contributed by atoms with van der Waals surface area (Å²) in [6.45, 7) is 3.63. The molecule has 3 N–H and O–H groups in total. The van der Waals surface area contributed by atoms with E-state index in [1.54, 1.807) is 12.1 Å². The van der Waals surface area contributed by atoms with Gasteiger partial charge in [0.2, 0.25) is 11.7 Å². The lowest BCUT2D eigenvalue weighted by Crippen LogP contribution is -2.09. The standard InChI is InChI=1S/C14H15N3O2/c1-4-5-11(15)14-16-13(17-19-14)10-6-8(2)12(18)9(3)7-10/h1,6-7,11,18H,5,15H2,2-3H3. The van der Waals surface area contributed by atoms with E-state index in [2.05, 4.69) is 16.1 Å². The number of nitrogens with zero attached hydrogens (tertiary/aromatic N) is 2. The van der Waals surface area contributed by atoms with Crippen molar-refractivity contribution in [2.75, 3.05) is 0 Å². The van der Waals surface area contributed by atoms with Crippen LogP contribution in [0.1, 0.15) is 29.5 Å². The van der Waals surface area contributed by atoms with Gasteiger partial charge >= 0.3 is 0 Å². The zero-order valence-corrected chi connectivity index (χ0v) is 10.8. The Hall–Kier alpha value is -2.32. The summed E-state index contributed by atoms with van der Waals surface area (Å²) >= 11 is 0. The van der Waals surface area contributed by atoms with Crippen molar-refractivity contribution in [2.24, 2.45) is 5.73 Å². The normalized spacial score (nSPS) is 12.1. The molecule has 0 amide bonds. The van der Waals surface area contributed by atoms with E-state index < -0.39 is 6.04 Å². The van der Waals surface area contributed by atoms with E-state index in [9.17, 15) is 5.11 Å². The highest BCUT2D eigenvalue weighted by molar-refractivity contribution is 5.60. The Morgan fingerprint density at radius 3 is 2.63 bits per heavy atom. The molecule has 1 aromatic heterocycles. The molecule has 0 saturated heterocycles. The lowest BCUT2D eigenvalue weighted by Gasteiger charge is -2.04. The molecule has 2 aromatic rings. The van der Waals surface area contributed by atoms with E-state index in [0.29, 0.717) is 18.1 Å². The molecule has 19 heavy (non-hydrogen) atoms. The van der Waals surface area contributed by atoms with Crippen molar-refractivity contribution in [1.29, 1.82) is 0 Å². The summed E-state index contributed by atoms with van der Waals surface area (Å²) in [5.41, 5.74) is 8.09. The van der Waals surface area contributed by atoms with Crippen molar-refractivity contribution in [3.05, 3.63) is 29.2 Å². The van der Waals surface area contributed by atoms with Gasteiger partial charge in [0.15, 0.2) is 0 Å². The van der Waals surface area contributed by atoms with Crippen LogP contribution in [0.5, 0.6) is 5.75 Å². The Morgan fingerprint density at radius 1 is 1.42 bits per heavy atom. The SMILES string of the molecule is C#CCC(N)c1nc(-c2cc(C)c(O)c(C)c2)no1. The molecular formula is C14H15N3O2. The maximum absolute atomic E-state index is 9.73. The largest absolute Gasteiger partial charge is 0.507 e. The second kappa shape index (κ2) is 5.12. The number of aryl methyl sites for hydroxylation is 2. The summed E-state index contributed by atoms with van der Waals surface area (Å²) in [6, 6.07) is 3.14. The molecule has 1 unspecified atom stereocenters. The number of benzene rings is 1. The summed E-state index contributed by atoms with van der Waals surface area (Å²) < 4.78 is 5.10. The topological polar surface area (TPSA) is 85.2 Å². The van der Waals surface area contributed by atoms with E-state index in [1.165, 1.54) is 0 Å². The van der Waals surface area contributed by atoms with Crippen LogP contribution in [0.15, 0.2) is 16.7 Å². The lowest BCUT2D eigenvalue weighted by atomic mass is 10.1. The number of nitrogens with two attached hydrogens (primary N) is 1. The molecule has 0 saturated carbocycles. The Morgan fingerprint density at radius 2 is 2.05 bits per heavy atom. The van der Waals surface area contributed by atoms with Crippen LogP contribution in [0.2, 0.25) is 0 Å². The van der Waals surface area contributed by atoms with Gasteiger partial charge in [-0.15, -0.1) is 12.3 Å². The predicted molar refractivity (Wildman–Crippen MR) is 71.3 cm³/mol. The molecule has 0 fully saturated rings. The van der Waals surface area contributed by atoms with Crippen LogP contribution < -0.4 is 5.73 Å². The van der Waals surface area contributed by atoms with Crippen molar-refractivity contribution in [1.82, 2.24) is 10.1 Å². The third kappa shape index (κ3) is 2.59. The maximum atomic E-state index is 9.73. The number of aromatic hydroxyl groups is 1. The minimum absolute atomic E-state index is 0.275. The van der Waals surface area contributed by atoms with Crippen LogP contribution in [0.4, 0.5) is 0 Å². The molecule has 1 heterocycles. The molecule has 5 heteroatoms. The van der Waals surface area contributed by atoms with Gasteiger partial charge in [-0.2, -0.15) is 4.98 Å². The molecular weight excluding hydrogens is 242 g/mol. The molecule has 0 spiro atoms. The highest BCUT2D eigenvalue weighted by Gasteiger charge is 2.16. The van der Waals surface area contributed by atoms with Gasteiger partial charge in [0.25, 0.3) is 0 Å². The minimum Gasteiger partial charge on any atom is -0.507 e. The summed E-state index contributed by atoms with van der Waals surface area (Å²) in [5, 5.41) is 13.6. The van der Waals surface area contributed by atoms with Gasteiger partial charge in [0.05, 0.1) is 6.04 Å². The lowest BCUT2D eigenvalue weighted by molar-refractivity contribution is 0.357. The molecule has 1 atom stereocenters. The van der Waals surface area contributed by atoms with Gasteiger partial charge in [-0.25, -0.2) is 0 Å². The molecule has 0 aliphatic carbocycles. The number of aromatic nitrogens is 2. The first-order valence-electron chi connectivity index (χ1n) is 5.86. The number of hydrogen-bond acceptors (Lipinski definition) is 5. The maximum Gasteiger partial charge on any atom is 0.244 e. The predicted octanol–water partition coefficient (Wildman–Crippen LogP) is 2.08. The highest BCUT2D eigenvalue weighted by Crippen LogP contribution is 2.28. The zero-order valence-electron chi connectivity index (χ0n) is 10.8. The first-order chi connectivity index (χ1) is 9.02. The first kappa shape index (κ1) is 13.1. The average Bonchev–Trinajstić information content (AvgIpc) is 2.85. The van der Waals surface area contributed by atoms with Gasteiger partial charge < -0.3 is 15.4 Å². The third-order valence-electron chi connectivity index (χ3n) is 2.85. The second-order valence-electron chi connectivity index (χ2n) is 4.43. The van der Waals surface area contributed by atoms with Crippen LogP contribution in [0.3, 0.4) is 0 Å². The van der Waals surface area contributed by atoms with Gasteiger partial charge in [-0.3, -0.25) is 0 Å². The number of phenols is 1. The molecule has 0 radical (unpaired) electrons. The van der Waals surface area contributed by atoms with Gasteiger partial charge in [-0.1, -0.05) is 5.16 Å². The van der Waals surface area contributed by atoms with E-state index in [-0.39, 0.29) is 5.75 Å². The van der Waals surface area contributed by atoms with Gasteiger partial charge in [-0.05, 0) is 37.1 Å². The van der Waals surface area contributed by atoms with Crippen molar-refractivity contribution >= 4 is 0 Å². The number of hydrogen-bond donors (Lipinski definition) is 2. The molecule has 0 aliphatic rings.